The van der Waals surface area contributed by atoms with E-state index in [0.29, 0.717) is 25.7 Å². The number of benzene rings is 1. The van der Waals surface area contributed by atoms with Crippen LogP contribution in [-0.2, 0) is 16.0 Å². The Kier molecular flexibility index (Phi) is 6.25. The highest BCUT2D eigenvalue weighted by atomic mass is 16.6. The lowest BCUT2D eigenvalue weighted by Crippen LogP contribution is -2.60. The molecule has 0 fully saturated rings. The van der Waals surface area contributed by atoms with Crippen LogP contribution in [-0.4, -0.2) is 36.5 Å². The second-order valence-electron chi connectivity index (χ2n) is 6.25. The number of hydrogen-bond donors (Lipinski definition) is 2. The lowest BCUT2D eigenvalue weighted by Gasteiger charge is -2.44. The first-order valence-corrected chi connectivity index (χ1v) is 8.56. The van der Waals surface area contributed by atoms with Crippen molar-refractivity contribution in [1.82, 2.24) is 0 Å². The van der Waals surface area contributed by atoms with Gasteiger partial charge in [0.05, 0.1) is 25.1 Å². The molecule has 138 valence electrons. The number of methoxy groups -OCH3 is 1. The zero-order valence-corrected chi connectivity index (χ0v) is 14.8. The van der Waals surface area contributed by atoms with Crippen LogP contribution >= 0.6 is 0 Å². The van der Waals surface area contributed by atoms with Gasteiger partial charge in [-0.2, -0.15) is 0 Å². The van der Waals surface area contributed by atoms with E-state index in [1.165, 1.54) is 4.90 Å². The maximum absolute atomic E-state index is 12.7. The fourth-order valence-electron chi connectivity index (χ4n) is 3.03. The maximum atomic E-state index is 12.7. The SMILES string of the molecule is CCC1(N)CCc2cc(OC)ccc2N1C(=O)OCCCCC(=O)O. The van der Waals surface area contributed by atoms with Crippen molar-refractivity contribution in [3.63, 3.8) is 0 Å². The van der Waals surface area contributed by atoms with Crippen molar-refractivity contribution in [2.24, 2.45) is 5.73 Å². The van der Waals surface area contributed by atoms with E-state index >= 15 is 0 Å². The second-order valence-corrected chi connectivity index (χ2v) is 6.25. The van der Waals surface area contributed by atoms with E-state index in [-0.39, 0.29) is 13.0 Å². The summed E-state index contributed by atoms with van der Waals surface area (Å²) in [6, 6.07) is 5.54. The molecule has 1 aromatic carbocycles. The summed E-state index contributed by atoms with van der Waals surface area (Å²) in [6.45, 7) is 2.12. The second kappa shape index (κ2) is 8.20. The molecule has 0 radical (unpaired) electrons. The molecule has 0 spiro atoms. The summed E-state index contributed by atoms with van der Waals surface area (Å²) < 4.78 is 10.6. The molecule has 1 aromatic rings. The number of carbonyl (C=O) groups excluding carboxylic acids is 1. The number of unbranched alkanes of at least 4 members (excludes halogenated alkanes) is 1. The molecule has 1 aliphatic rings. The van der Waals surface area contributed by atoms with E-state index < -0.39 is 17.7 Å². The van der Waals surface area contributed by atoms with Crippen molar-refractivity contribution in [1.29, 1.82) is 0 Å². The average Bonchev–Trinajstić information content (AvgIpc) is 2.60. The maximum Gasteiger partial charge on any atom is 0.415 e. The minimum absolute atomic E-state index is 0.0691. The first-order chi connectivity index (χ1) is 11.9. The van der Waals surface area contributed by atoms with Crippen LogP contribution < -0.4 is 15.4 Å². The Balaban J connectivity index is 2.12. The van der Waals surface area contributed by atoms with Crippen LogP contribution in [0.3, 0.4) is 0 Å². The molecule has 0 aliphatic carbocycles. The minimum atomic E-state index is -0.850. The molecule has 2 rings (SSSR count). The van der Waals surface area contributed by atoms with E-state index in [1.54, 1.807) is 13.2 Å². The van der Waals surface area contributed by atoms with E-state index in [4.69, 9.17) is 20.3 Å². The number of carboxylic acids is 1. The molecule has 0 saturated heterocycles. The number of carbonyl (C=O) groups is 2. The number of aliphatic carboxylic acids is 1. The summed E-state index contributed by atoms with van der Waals surface area (Å²) >= 11 is 0. The van der Waals surface area contributed by atoms with Gasteiger partial charge in [-0.1, -0.05) is 6.92 Å². The molecule has 0 aromatic heterocycles. The Morgan fingerprint density at radius 2 is 2.12 bits per heavy atom. The Bertz CT molecular complexity index is 634. The average molecular weight is 350 g/mol. The summed E-state index contributed by atoms with van der Waals surface area (Å²) in [5.41, 5.74) is 7.42. The molecule has 3 N–H and O–H groups in total. The van der Waals surface area contributed by atoms with Gasteiger partial charge in [-0.15, -0.1) is 0 Å². The molecule has 1 aliphatic heterocycles. The van der Waals surface area contributed by atoms with Gasteiger partial charge in [-0.3, -0.25) is 9.69 Å². The molecule has 1 atom stereocenters. The first kappa shape index (κ1) is 19.1. The van der Waals surface area contributed by atoms with E-state index in [2.05, 4.69) is 0 Å². The quantitative estimate of drug-likeness (QED) is 0.733. The number of ether oxygens (including phenoxy) is 2. The highest BCUT2D eigenvalue weighted by molar-refractivity contribution is 5.91. The third kappa shape index (κ3) is 4.42. The Labute approximate surface area is 147 Å². The van der Waals surface area contributed by atoms with Gasteiger partial charge in [0.2, 0.25) is 0 Å². The summed E-state index contributed by atoms with van der Waals surface area (Å²) in [5, 5.41) is 8.64. The molecule has 1 amide bonds. The minimum Gasteiger partial charge on any atom is -0.497 e. The molecule has 7 nitrogen and oxygen atoms in total. The molecule has 7 heteroatoms. The first-order valence-electron chi connectivity index (χ1n) is 8.56. The number of hydrogen-bond acceptors (Lipinski definition) is 5. The van der Waals surface area contributed by atoms with Gasteiger partial charge in [0.1, 0.15) is 5.75 Å². The number of aryl methyl sites for hydroxylation is 1. The molecule has 1 unspecified atom stereocenters. The predicted molar refractivity (Wildman–Crippen MR) is 93.8 cm³/mol. The molecular weight excluding hydrogens is 324 g/mol. The third-order valence-electron chi connectivity index (χ3n) is 4.61. The number of nitrogens with zero attached hydrogens (tertiary/aromatic N) is 1. The lowest BCUT2D eigenvalue weighted by molar-refractivity contribution is -0.137. The van der Waals surface area contributed by atoms with Crippen molar-refractivity contribution < 1.29 is 24.2 Å². The third-order valence-corrected chi connectivity index (χ3v) is 4.61. The van der Waals surface area contributed by atoms with Crippen LogP contribution in [0.15, 0.2) is 18.2 Å². The molecular formula is C18H26N2O5. The number of anilines is 1. The Hall–Kier alpha value is -2.28. The largest absolute Gasteiger partial charge is 0.497 e. The van der Waals surface area contributed by atoms with E-state index in [1.807, 2.05) is 19.1 Å². The fourth-order valence-corrected chi connectivity index (χ4v) is 3.03. The van der Waals surface area contributed by atoms with Crippen molar-refractivity contribution >= 4 is 17.7 Å². The smallest absolute Gasteiger partial charge is 0.415 e. The number of nitrogens with two attached hydrogens (primary N) is 1. The highest BCUT2D eigenvalue weighted by Gasteiger charge is 2.41. The zero-order valence-electron chi connectivity index (χ0n) is 14.8. The van der Waals surface area contributed by atoms with Gasteiger partial charge in [0.25, 0.3) is 0 Å². The standard InChI is InChI=1S/C18H26N2O5/c1-3-18(19)10-9-13-12-14(24-2)7-8-15(13)20(18)17(23)25-11-5-4-6-16(21)22/h7-8,12H,3-6,9-11,19H2,1-2H3,(H,21,22). The normalized spacial score (nSPS) is 19.2. The van der Waals surface area contributed by atoms with Gasteiger partial charge in [-0.25, -0.2) is 4.79 Å². The monoisotopic (exact) mass is 350 g/mol. The van der Waals surface area contributed by atoms with Gasteiger partial charge in [-0.05, 0) is 55.9 Å². The zero-order chi connectivity index (χ0) is 18.4. The van der Waals surface area contributed by atoms with Crippen molar-refractivity contribution in [3.05, 3.63) is 23.8 Å². The summed E-state index contributed by atoms with van der Waals surface area (Å²) in [4.78, 5) is 24.7. The lowest BCUT2D eigenvalue weighted by atomic mass is 9.89. The van der Waals surface area contributed by atoms with Crippen LogP contribution in [0.25, 0.3) is 0 Å². The number of carboxylic acid groups (broad SMARTS) is 1. The van der Waals surface area contributed by atoms with Crippen LogP contribution in [0, 0.1) is 0 Å². The number of fused-ring (bicyclic) bond motifs is 1. The van der Waals surface area contributed by atoms with Crippen LogP contribution in [0.4, 0.5) is 10.5 Å². The van der Waals surface area contributed by atoms with Crippen molar-refractivity contribution in [2.45, 2.75) is 51.1 Å². The molecule has 25 heavy (non-hydrogen) atoms. The summed E-state index contributed by atoms with van der Waals surface area (Å²) in [6.07, 6.45) is 2.55. The van der Waals surface area contributed by atoms with Crippen molar-refractivity contribution in [2.75, 3.05) is 18.6 Å². The predicted octanol–water partition coefficient (Wildman–Crippen LogP) is 2.90. The van der Waals surface area contributed by atoms with Crippen LogP contribution in [0.2, 0.25) is 0 Å². The van der Waals surface area contributed by atoms with Gasteiger partial charge in [0.15, 0.2) is 0 Å². The molecule has 0 bridgehead atoms. The van der Waals surface area contributed by atoms with E-state index in [0.717, 1.165) is 23.4 Å². The van der Waals surface area contributed by atoms with E-state index in [9.17, 15) is 9.59 Å². The van der Waals surface area contributed by atoms with Crippen molar-refractivity contribution in [3.8, 4) is 5.75 Å². The fraction of sp³-hybridized carbons (Fsp3) is 0.556. The molecule has 1 heterocycles. The van der Waals surface area contributed by atoms with Gasteiger partial charge < -0.3 is 20.3 Å². The summed E-state index contributed by atoms with van der Waals surface area (Å²) in [7, 11) is 1.60. The molecule has 0 saturated carbocycles. The van der Waals surface area contributed by atoms with Gasteiger partial charge >= 0.3 is 12.1 Å². The highest BCUT2D eigenvalue weighted by Crippen LogP contribution is 2.38. The van der Waals surface area contributed by atoms with Crippen LogP contribution in [0.1, 0.15) is 44.6 Å². The Morgan fingerprint density at radius 3 is 2.76 bits per heavy atom. The van der Waals surface area contributed by atoms with Crippen LogP contribution in [0.5, 0.6) is 5.75 Å². The Morgan fingerprint density at radius 1 is 1.36 bits per heavy atom. The topological polar surface area (TPSA) is 102 Å². The number of amides is 1. The van der Waals surface area contributed by atoms with Gasteiger partial charge in [0, 0.05) is 6.42 Å². The number of rotatable bonds is 7. The summed E-state index contributed by atoms with van der Waals surface area (Å²) in [5.74, 6) is -0.112.